The fraction of sp³-hybridized carbons (Fsp3) is 0.571. The molecule has 1 fully saturated rings. The first-order chi connectivity index (χ1) is 8.72. The number of hydrogen-bond acceptors (Lipinski definition) is 3. The highest BCUT2D eigenvalue weighted by molar-refractivity contribution is 8.00. The Balaban J connectivity index is 2.14. The zero-order valence-corrected chi connectivity index (χ0v) is 11.7. The smallest absolute Gasteiger partial charge is 0.137 e. The SMILES string of the molecule is CCNCc1cccc(F)c1SC1CCOC1C. The van der Waals surface area contributed by atoms with Crippen LogP contribution in [0.1, 0.15) is 25.8 Å². The topological polar surface area (TPSA) is 21.3 Å². The van der Waals surface area contributed by atoms with Crippen molar-refractivity contribution < 1.29 is 9.13 Å². The molecule has 2 rings (SSSR count). The summed E-state index contributed by atoms with van der Waals surface area (Å²) < 4.78 is 19.5. The second-order valence-electron chi connectivity index (χ2n) is 4.53. The predicted octanol–water partition coefficient (Wildman–Crippen LogP) is 3.20. The van der Waals surface area contributed by atoms with E-state index < -0.39 is 0 Å². The molecule has 2 atom stereocenters. The maximum absolute atomic E-state index is 14.0. The lowest BCUT2D eigenvalue weighted by Gasteiger charge is -2.17. The summed E-state index contributed by atoms with van der Waals surface area (Å²) in [7, 11) is 0. The summed E-state index contributed by atoms with van der Waals surface area (Å²) in [4.78, 5) is 0.779. The van der Waals surface area contributed by atoms with Gasteiger partial charge < -0.3 is 10.1 Å². The van der Waals surface area contributed by atoms with Gasteiger partial charge in [0.25, 0.3) is 0 Å². The van der Waals surface area contributed by atoms with Crippen molar-refractivity contribution in [1.82, 2.24) is 5.32 Å². The molecule has 1 heterocycles. The minimum Gasteiger partial charge on any atom is -0.377 e. The minimum absolute atomic E-state index is 0.116. The van der Waals surface area contributed by atoms with Gasteiger partial charge in [-0.05, 0) is 31.5 Å². The van der Waals surface area contributed by atoms with Gasteiger partial charge in [0.2, 0.25) is 0 Å². The van der Waals surface area contributed by atoms with Crippen LogP contribution >= 0.6 is 11.8 Å². The number of halogens is 1. The fourth-order valence-corrected chi connectivity index (χ4v) is 3.36. The molecule has 0 amide bonds. The van der Waals surface area contributed by atoms with E-state index in [0.717, 1.165) is 36.6 Å². The third-order valence-electron chi connectivity index (χ3n) is 3.19. The van der Waals surface area contributed by atoms with E-state index in [0.29, 0.717) is 5.25 Å². The molecule has 1 N–H and O–H groups in total. The van der Waals surface area contributed by atoms with Crippen LogP contribution in [0.25, 0.3) is 0 Å². The Bertz CT molecular complexity index is 399. The van der Waals surface area contributed by atoms with E-state index in [4.69, 9.17) is 4.74 Å². The Morgan fingerprint density at radius 2 is 2.33 bits per heavy atom. The number of ether oxygens (including phenoxy) is 1. The van der Waals surface area contributed by atoms with Gasteiger partial charge in [0.05, 0.1) is 6.10 Å². The van der Waals surface area contributed by atoms with Crippen LogP contribution < -0.4 is 5.32 Å². The molecule has 0 bridgehead atoms. The van der Waals surface area contributed by atoms with Gasteiger partial charge in [-0.1, -0.05) is 19.1 Å². The van der Waals surface area contributed by atoms with E-state index in [2.05, 4.69) is 19.2 Å². The van der Waals surface area contributed by atoms with Gasteiger partial charge >= 0.3 is 0 Å². The summed E-state index contributed by atoms with van der Waals surface area (Å²) >= 11 is 1.62. The highest BCUT2D eigenvalue weighted by Gasteiger charge is 2.26. The monoisotopic (exact) mass is 269 g/mol. The number of benzene rings is 1. The lowest BCUT2D eigenvalue weighted by Crippen LogP contribution is -2.16. The van der Waals surface area contributed by atoms with Crippen LogP contribution in [0, 0.1) is 5.82 Å². The Morgan fingerprint density at radius 3 is 3.00 bits per heavy atom. The zero-order chi connectivity index (χ0) is 13.0. The summed E-state index contributed by atoms with van der Waals surface area (Å²) in [5.41, 5.74) is 1.04. The first-order valence-electron chi connectivity index (χ1n) is 6.48. The average molecular weight is 269 g/mol. The van der Waals surface area contributed by atoms with Gasteiger partial charge in [-0.3, -0.25) is 0 Å². The lowest BCUT2D eigenvalue weighted by molar-refractivity contribution is 0.127. The van der Waals surface area contributed by atoms with Gasteiger partial charge in [-0.2, -0.15) is 0 Å². The van der Waals surface area contributed by atoms with Gasteiger partial charge in [-0.15, -0.1) is 11.8 Å². The van der Waals surface area contributed by atoms with Crippen molar-refractivity contribution in [3.63, 3.8) is 0 Å². The van der Waals surface area contributed by atoms with Gasteiger partial charge in [0, 0.05) is 23.3 Å². The molecule has 18 heavy (non-hydrogen) atoms. The Kier molecular flexibility index (Phi) is 5.03. The Hall–Kier alpha value is -0.580. The van der Waals surface area contributed by atoms with Crippen molar-refractivity contribution in [3.05, 3.63) is 29.6 Å². The summed E-state index contributed by atoms with van der Waals surface area (Å²) in [5, 5.41) is 3.62. The number of nitrogens with one attached hydrogen (secondary N) is 1. The maximum Gasteiger partial charge on any atom is 0.137 e. The van der Waals surface area contributed by atoms with E-state index >= 15 is 0 Å². The maximum atomic E-state index is 14.0. The molecule has 0 radical (unpaired) electrons. The van der Waals surface area contributed by atoms with Crippen molar-refractivity contribution in [2.75, 3.05) is 13.2 Å². The molecular weight excluding hydrogens is 249 g/mol. The van der Waals surface area contributed by atoms with Crippen LogP contribution in [-0.2, 0) is 11.3 Å². The molecule has 0 spiro atoms. The molecule has 1 saturated heterocycles. The first kappa shape index (κ1) is 13.8. The molecule has 100 valence electrons. The number of hydrogen-bond donors (Lipinski definition) is 1. The van der Waals surface area contributed by atoms with Crippen LogP contribution in [0.4, 0.5) is 4.39 Å². The summed E-state index contributed by atoms with van der Waals surface area (Å²) in [6.45, 7) is 6.52. The van der Waals surface area contributed by atoms with Crippen LogP contribution in [0.3, 0.4) is 0 Å². The minimum atomic E-state index is -0.116. The van der Waals surface area contributed by atoms with Crippen LogP contribution in [-0.4, -0.2) is 24.5 Å². The third kappa shape index (κ3) is 3.25. The van der Waals surface area contributed by atoms with Crippen LogP contribution in [0.5, 0.6) is 0 Å². The fourth-order valence-electron chi connectivity index (χ4n) is 2.10. The third-order valence-corrected chi connectivity index (χ3v) is 4.80. The molecule has 1 aliphatic heterocycles. The van der Waals surface area contributed by atoms with E-state index in [1.807, 2.05) is 6.07 Å². The molecule has 2 unspecified atom stereocenters. The molecule has 0 aromatic heterocycles. The number of thioether (sulfide) groups is 1. The molecule has 2 nitrogen and oxygen atoms in total. The van der Waals surface area contributed by atoms with Crippen molar-refractivity contribution >= 4 is 11.8 Å². The molecule has 0 aliphatic carbocycles. The summed E-state index contributed by atoms with van der Waals surface area (Å²) in [5.74, 6) is -0.116. The largest absolute Gasteiger partial charge is 0.377 e. The van der Waals surface area contributed by atoms with E-state index in [1.54, 1.807) is 17.8 Å². The van der Waals surface area contributed by atoms with Crippen molar-refractivity contribution in [3.8, 4) is 0 Å². The highest BCUT2D eigenvalue weighted by Crippen LogP contribution is 2.36. The molecule has 1 aromatic rings. The second-order valence-corrected chi connectivity index (χ2v) is 5.78. The standard InChI is InChI=1S/C14H20FNOS/c1-3-16-9-11-5-4-6-12(15)14(11)18-13-7-8-17-10(13)2/h4-6,10,13,16H,3,7-9H2,1-2H3. The molecule has 0 saturated carbocycles. The lowest BCUT2D eigenvalue weighted by atomic mass is 10.2. The van der Waals surface area contributed by atoms with Gasteiger partial charge in [0.1, 0.15) is 5.82 Å². The quantitative estimate of drug-likeness (QED) is 0.887. The van der Waals surface area contributed by atoms with Gasteiger partial charge in [-0.25, -0.2) is 4.39 Å². The summed E-state index contributed by atoms with van der Waals surface area (Å²) in [6.07, 6.45) is 1.21. The Labute approximate surface area is 112 Å². The van der Waals surface area contributed by atoms with Crippen molar-refractivity contribution in [1.29, 1.82) is 0 Å². The normalized spacial score (nSPS) is 23.5. The second kappa shape index (κ2) is 6.55. The average Bonchev–Trinajstić information content (AvgIpc) is 2.76. The van der Waals surface area contributed by atoms with E-state index in [9.17, 15) is 4.39 Å². The van der Waals surface area contributed by atoms with E-state index in [1.165, 1.54) is 6.07 Å². The summed E-state index contributed by atoms with van der Waals surface area (Å²) in [6, 6.07) is 5.31. The molecular formula is C14H20FNOS. The first-order valence-corrected chi connectivity index (χ1v) is 7.36. The van der Waals surface area contributed by atoms with Crippen LogP contribution in [0.15, 0.2) is 23.1 Å². The molecule has 4 heteroatoms. The predicted molar refractivity (Wildman–Crippen MR) is 73.5 cm³/mol. The Morgan fingerprint density at radius 1 is 1.50 bits per heavy atom. The zero-order valence-electron chi connectivity index (χ0n) is 10.9. The van der Waals surface area contributed by atoms with E-state index in [-0.39, 0.29) is 11.9 Å². The van der Waals surface area contributed by atoms with Crippen LogP contribution in [0.2, 0.25) is 0 Å². The van der Waals surface area contributed by atoms with Crippen molar-refractivity contribution in [2.45, 2.75) is 43.1 Å². The molecule has 1 aliphatic rings. The number of rotatable bonds is 5. The van der Waals surface area contributed by atoms with Crippen molar-refractivity contribution in [2.24, 2.45) is 0 Å². The highest BCUT2D eigenvalue weighted by atomic mass is 32.2. The molecule has 1 aromatic carbocycles. The van der Waals surface area contributed by atoms with Gasteiger partial charge in [0.15, 0.2) is 0 Å².